The second-order valence-corrected chi connectivity index (χ2v) is 5.27. The van der Waals surface area contributed by atoms with Gasteiger partial charge in [0.05, 0.1) is 6.20 Å². The van der Waals surface area contributed by atoms with E-state index in [0.717, 1.165) is 6.54 Å². The number of hydrogen-bond acceptors (Lipinski definition) is 2. The first-order chi connectivity index (χ1) is 8.25. The van der Waals surface area contributed by atoms with Crippen molar-refractivity contribution in [3.8, 4) is 0 Å². The zero-order valence-corrected chi connectivity index (χ0v) is 11.4. The van der Waals surface area contributed by atoms with E-state index in [-0.39, 0.29) is 0 Å². The maximum Gasteiger partial charge on any atom is 0.0537 e. The molecule has 0 aromatic carbocycles. The number of rotatable bonds is 5. The van der Waals surface area contributed by atoms with E-state index in [0.29, 0.717) is 11.5 Å². The Kier molecular flexibility index (Phi) is 3.87. The molecule has 1 aromatic heterocycles. The van der Waals surface area contributed by atoms with Crippen LogP contribution in [0.1, 0.15) is 57.6 Å². The predicted octanol–water partition coefficient (Wildman–Crippen LogP) is 3.13. The summed E-state index contributed by atoms with van der Waals surface area (Å²) in [7, 11) is 2.09. The van der Waals surface area contributed by atoms with Gasteiger partial charge in [-0.15, -0.1) is 0 Å². The molecular formula is C14H25N3. The van der Waals surface area contributed by atoms with Crippen molar-refractivity contribution >= 4 is 0 Å². The van der Waals surface area contributed by atoms with Gasteiger partial charge in [-0.1, -0.05) is 19.8 Å². The summed E-state index contributed by atoms with van der Waals surface area (Å²) in [6.45, 7) is 5.42. The molecule has 1 heterocycles. The number of nitrogens with zero attached hydrogens (tertiary/aromatic N) is 2. The predicted molar refractivity (Wildman–Crippen MR) is 70.9 cm³/mol. The zero-order valence-electron chi connectivity index (χ0n) is 11.4. The Bertz CT molecular complexity index is 350. The smallest absolute Gasteiger partial charge is 0.0537 e. The van der Waals surface area contributed by atoms with Crippen LogP contribution in [-0.2, 0) is 6.54 Å². The molecule has 1 N–H and O–H groups in total. The van der Waals surface area contributed by atoms with Gasteiger partial charge in [0.1, 0.15) is 0 Å². The number of hydrogen-bond donors (Lipinski definition) is 1. The molecule has 1 atom stereocenters. The van der Waals surface area contributed by atoms with Crippen LogP contribution in [0.3, 0.4) is 0 Å². The van der Waals surface area contributed by atoms with E-state index in [1.165, 1.54) is 37.7 Å². The van der Waals surface area contributed by atoms with Crippen molar-refractivity contribution in [3.05, 3.63) is 18.0 Å². The molecule has 3 nitrogen and oxygen atoms in total. The molecular weight excluding hydrogens is 210 g/mol. The average Bonchev–Trinajstić information content (AvgIpc) is 3.00. The topological polar surface area (TPSA) is 29.9 Å². The summed E-state index contributed by atoms with van der Waals surface area (Å²) in [5.74, 6) is 0. The highest BCUT2D eigenvalue weighted by molar-refractivity contribution is 5.15. The molecule has 1 saturated carbocycles. The summed E-state index contributed by atoms with van der Waals surface area (Å²) >= 11 is 0. The van der Waals surface area contributed by atoms with Gasteiger partial charge in [-0.2, -0.15) is 5.10 Å². The third kappa shape index (κ3) is 2.25. The Balaban J connectivity index is 2.25. The van der Waals surface area contributed by atoms with E-state index in [4.69, 9.17) is 0 Å². The van der Waals surface area contributed by atoms with Crippen LogP contribution in [0.15, 0.2) is 12.4 Å². The van der Waals surface area contributed by atoms with E-state index in [1.54, 1.807) is 0 Å². The van der Waals surface area contributed by atoms with Gasteiger partial charge in [0.15, 0.2) is 0 Å². The lowest BCUT2D eigenvalue weighted by Crippen LogP contribution is -2.34. The Hall–Kier alpha value is -0.830. The standard InChI is InChI=1S/C14H25N3/c1-4-14(8-6-7-9-14)13(15-3)12-10-16-17(5-2)11-12/h10-11,13,15H,4-9H2,1-3H3. The van der Waals surface area contributed by atoms with Crippen LogP contribution in [0.25, 0.3) is 0 Å². The molecule has 1 fully saturated rings. The molecule has 0 saturated heterocycles. The monoisotopic (exact) mass is 235 g/mol. The minimum absolute atomic E-state index is 0.455. The van der Waals surface area contributed by atoms with Gasteiger partial charge in [0.25, 0.3) is 0 Å². The van der Waals surface area contributed by atoms with Crippen molar-refractivity contribution in [2.45, 2.75) is 58.5 Å². The lowest BCUT2D eigenvalue weighted by Gasteiger charge is -2.36. The van der Waals surface area contributed by atoms with E-state index in [1.807, 2.05) is 10.9 Å². The Labute approximate surface area is 105 Å². The minimum Gasteiger partial charge on any atom is -0.312 e. The van der Waals surface area contributed by atoms with Crippen LogP contribution < -0.4 is 5.32 Å². The van der Waals surface area contributed by atoms with Gasteiger partial charge < -0.3 is 5.32 Å². The van der Waals surface area contributed by atoms with Crippen molar-refractivity contribution in [3.63, 3.8) is 0 Å². The molecule has 17 heavy (non-hydrogen) atoms. The minimum atomic E-state index is 0.455. The number of nitrogens with one attached hydrogen (secondary N) is 1. The first kappa shape index (κ1) is 12.6. The summed E-state index contributed by atoms with van der Waals surface area (Å²) in [5.41, 5.74) is 1.81. The van der Waals surface area contributed by atoms with Gasteiger partial charge in [-0.05, 0) is 38.6 Å². The number of aryl methyl sites for hydroxylation is 1. The van der Waals surface area contributed by atoms with Gasteiger partial charge >= 0.3 is 0 Å². The second-order valence-electron chi connectivity index (χ2n) is 5.27. The van der Waals surface area contributed by atoms with Crippen LogP contribution in [0.2, 0.25) is 0 Å². The maximum atomic E-state index is 4.42. The van der Waals surface area contributed by atoms with Crippen molar-refractivity contribution < 1.29 is 0 Å². The highest BCUT2D eigenvalue weighted by Crippen LogP contribution is 2.49. The molecule has 96 valence electrons. The average molecular weight is 235 g/mol. The second kappa shape index (κ2) is 5.21. The number of aromatic nitrogens is 2. The fourth-order valence-corrected chi connectivity index (χ4v) is 3.45. The summed E-state index contributed by atoms with van der Waals surface area (Å²) in [4.78, 5) is 0. The Morgan fingerprint density at radius 3 is 2.59 bits per heavy atom. The van der Waals surface area contributed by atoms with E-state index >= 15 is 0 Å². The summed E-state index contributed by atoms with van der Waals surface area (Å²) in [6, 6.07) is 0.468. The molecule has 0 spiro atoms. The maximum absolute atomic E-state index is 4.42. The fraction of sp³-hybridized carbons (Fsp3) is 0.786. The first-order valence-electron chi connectivity index (χ1n) is 6.95. The van der Waals surface area contributed by atoms with Gasteiger partial charge in [0.2, 0.25) is 0 Å². The molecule has 1 aromatic rings. The molecule has 3 heteroatoms. The summed E-state index contributed by atoms with van der Waals surface area (Å²) in [6.07, 6.45) is 11.0. The van der Waals surface area contributed by atoms with E-state index in [9.17, 15) is 0 Å². The van der Waals surface area contributed by atoms with E-state index < -0.39 is 0 Å². The third-order valence-electron chi connectivity index (χ3n) is 4.52. The highest BCUT2D eigenvalue weighted by atomic mass is 15.3. The Morgan fingerprint density at radius 2 is 2.12 bits per heavy atom. The van der Waals surface area contributed by atoms with Crippen molar-refractivity contribution in [1.82, 2.24) is 15.1 Å². The molecule has 1 unspecified atom stereocenters. The molecule has 1 aliphatic carbocycles. The largest absolute Gasteiger partial charge is 0.312 e. The van der Waals surface area contributed by atoms with Crippen LogP contribution >= 0.6 is 0 Å². The van der Waals surface area contributed by atoms with Gasteiger partial charge in [0, 0.05) is 24.3 Å². The van der Waals surface area contributed by atoms with E-state index in [2.05, 4.69) is 37.5 Å². The highest BCUT2D eigenvalue weighted by Gasteiger charge is 2.40. The van der Waals surface area contributed by atoms with Crippen LogP contribution in [0, 0.1) is 5.41 Å². The summed E-state index contributed by atoms with van der Waals surface area (Å²) < 4.78 is 2.03. The third-order valence-corrected chi connectivity index (χ3v) is 4.52. The molecule has 0 amide bonds. The zero-order chi connectivity index (χ0) is 12.3. The first-order valence-corrected chi connectivity index (χ1v) is 6.95. The van der Waals surface area contributed by atoms with Crippen molar-refractivity contribution in [2.24, 2.45) is 5.41 Å². The molecule has 0 radical (unpaired) electrons. The van der Waals surface area contributed by atoms with Crippen LogP contribution in [-0.4, -0.2) is 16.8 Å². The van der Waals surface area contributed by atoms with Gasteiger partial charge in [-0.25, -0.2) is 0 Å². The summed E-state index contributed by atoms with van der Waals surface area (Å²) in [5, 5.41) is 7.95. The van der Waals surface area contributed by atoms with Gasteiger partial charge in [-0.3, -0.25) is 4.68 Å². The van der Waals surface area contributed by atoms with Crippen LogP contribution in [0.4, 0.5) is 0 Å². The lowest BCUT2D eigenvalue weighted by atomic mass is 9.74. The molecule has 0 aliphatic heterocycles. The SMILES string of the molecule is CCn1cc(C(NC)C2(CC)CCCC2)cn1. The molecule has 2 rings (SSSR count). The molecule has 0 bridgehead atoms. The van der Waals surface area contributed by atoms with Crippen molar-refractivity contribution in [1.29, 1.82) is 0 Å². The molecule has 1 aliphatic rings. The Morgan fingerprint density at radius 1 is 1.41 bits per heavy atom. The van der Waals surface area contributed by atoms with Crippen molar-refractivity contribution in [2.75, 3.05) is 7.05 Å². The fourth-order valence-electron chi connectivity index (χ4n) is 3.45. The lowest BCUT2D eigenvalue weighted by molar-refractivity contribution is 0.195. The quantitative estimate of drug-likeness (QED) is 0.849. The van der Waals surface area contributed by atoms with Crippen LogP contribution in [0.5, 0.6) is 0 Å². The normalized spacial score (nSPS) is 20.6.